The Kier molecular flexibility index (Phi) is 8.71. The minimum Gasteiger partial charge on any atom is -0.396 e. The molecule has 208 valence electrons. The zero-order valence-electron chi connectivity index (χ0n) is 22.9. The van der Waals surface area contributed by atoms with Crippen LogP contribution in [0.25, 0.3) is 16.8 Å². The average Bonchev–Trinajstić information content (AvgIpc) is 3.60. The van der Waals surface area contributed by atoms with Crippen molar-refractivity contribution in [3.63, 3.8) is 0 Å². The van der Waals surface area contributed by atoms with Gasteiger partial charge in [-0.2, -0.15) is 5.10 Å². The summed E-state index contributed by atoms with van der Waals surface area (Å²) in [6.07, 6.45) is 11.0. The van der Waals surface area contributed by atoms with Crippen molar-refractivity contribution in [1.29, 1.82) is 0 Å². The van der Waals surface area contributed by atoms with Crippen molar-refractivity contribution < 1.29 is 14.7 Å². The van der Waals surface area contributed by atoms with E-state index in [0.717, 1.165) is 48.3 Å². The van der Waals surface area contributed by atoms with E-state index in [1.165, 1.54) is 0 Å². The second-order valence-electron chi connectivity index (χ2n) is 10.3. The van der Waals surface area contributed by atoms with Gasteiger partial charge in [0.15, 0.2) is 0 Å². The normalized spacial score (nSPS) is 15.2. The van der Waals surface area contributed by atoms with Crippen LogP contribution in [0.3, 0.4) is 0 Å². The van der Waals surface area contributed by atoms with Crippen molar-refractivity contribution in [1.82, 2.24) is 24.2 Å². The van der Waals surface area contributed by atoms with E-state index in [9.17, 15) is 14.7 Å². The summed E-state index contributed by atoms with van der Waals surface area (Å²) in [6.45, 7) is 0.873. The molecule has 1 aliphatic heterocycles. The Morgan fingerprint density at radius 3 is 2.67 bits per heavy atom. The van der Waals surface area contributed by atoms with Crippen LogP contribution in [0.2, 0.25) is 0 Å². The predicted octanol–water partition coefficient (Wildman–Crippen LogP) is 4.61. The van der Waals surface area contributed by atoms with E-state index < -0.39 is 0 Å². The second-order valence-corrected chi connectivity index (χ2v) is 10.3. The van der Waals surface area contributed by atoms with Gasteiger partial charge >= 0.3 is 0 Å². The molecule has 2 aromatic heterocycles. The van der Waals surface area contributed by atoms with Crippen LogP contribution in [0.15, 0.2) is 73.2 Å². The number of nitrogens with one attached hydrogen (secondary N) is 1. The number of anilines is 1. The van der Waals surface area contributed by atoms with Gasteiger partial charge in [-0.15, -0.1) is 0 Å². The van der Waals surface area contributed by atoms with Gasteiger partial charge in [-0.05, 0) is 68.4 Å². The van der Waals surface area contributed by atoms with E-state index >= 15 is 0 Å². The molecule has 1 saturated heterocycles. The molecule has 0 aliphatic carbocycles. The standard InChI is InChI=1S/C31H36N6O3/c1-35-21-25(20-32-35)23-9-7-10-24(19-23)30(40)34-31-33-26(22-37(31)27-12-3-2-4-13-27)11-8-15-29(39)36-17-6-5-14-28(36)16-18-38/h2-4,7,9-10,12-13,19-22,28,38H,5-6,8,11,14-18H2,1H3,(H,33,34,40)/t28-/m1/s1. The Morgan fingerprint density at radius 1 is 1.05 bits per heavy atom. The fraction of sp³-hybridized carbons (Fsp3) is 0.355. The molecule has 1 atom stereocenters. The number of amides is 2. The number of likely N-dealkylation sites (tertiary alicyclic amines) is 1. The summed E-state index contributed by atoms with van der Waals surface area (Å²) in [5.41, 5.74) is 4.06. The SMILES string of the molecule is Cn1cc(-c2cccc(C(=O)Nc3nc(CCCC(=O)N4CCCC[C@@H]4CCO)cn3-c3ccccc3)c2)cn1. The maximum Gasteiger partial charge on any atom is 0.258 e. The van der Waals surface area contributed by atoms with E-state index in [4.69, 9.17) is 4.98 Å². The number of aliphatic hydroxyl groups excluding tert-OH is 1. The van der Waals surface area contributed by atoms with Gasteiger partial charge in [0.25, 0.3) is 5.91 Å². The summed E-state index contributed by atoms with van der Waals surface area (Å²) in [4.78, 5) is 33.0. The van der Waals surface area contributed by atoms with Crippen molar-refractivity contribution >= 4 is 17.8 Å². The van der Waals surface area contributed by atoms with Gasteiger partial charge in [0.1, 0.15) is 0 Å². The molecule has 4 aromatic rings. The number of benzene rings is 2. The first kappa shape index (κ1) is 27.3. The third-order valence-corrected chi connectivity index (χ3v) is 7.41. The minimum absolute atomic E-state index is 0.105. The smallest absolute Gasteiger partial charge is 0.258 e. The molecule has 1 fully saturated rings. The molecule has 0 bridgehead atoms. The van der Waals surface area contributed by atoms with Crippen molar-refractivity contribution in [2.24, 2.45) is 7.05 Å². The zero-order valence-corrected chi connectivity index (χ0v) is 22.9. The number of hydrogen-bond donors (Lipinski definition) is 2. The minimum atomic E-state index is -0.254. The third-order valence-electron chi connectivity index (χ3n) is 7.41. The van der Waals surface area contributed by atoms with Crippen LogP contribution in [0.4, 0.5) is 5.95 Å². The number of aliphatic hydroxyl groups is 1. The number of hydrogen-bond acceptors (Lipinski definition) is 5. The largest absolute Gasteiger partial charge is 0.396 e. The van der Waals surface area contributed by atoms with Crippen LogP contribution in [0.1, 0.15) is 54.6 Å². The van der Waals surface area contributed by atoms with E-state index in [-0.39, 0.29) is 24.5 Å². The zero-order chi connectivity index (χ0) is 27.9. The topological polar surface area (TPSA) is 105 Å². The Hall–Kier alpha value is -4.24. The van der Waals surface area contributed by atoms with Crippen molar-refractivity contribution in [2.45, 2.75) is 51.0 Å². The molecule has 0 unspecified atom stereocenters. The molecular weight excluding hydrogens is 504 g/mol. The summed E-state index contributed by atoms with van der Waals surface area (Å²) in [7, 11) is 1.86. The van der Waals surface area contributed by atoms with Gasteiger partial charge in [0.2, 0.25) is 11.9 Å². The highest BCUT2D eigenvalue weighted by Gasteiger charge is 2.26. The van der Waals surface area contributed by atoms with E-state index in [1.54, 1.807) is 16.9 Å². The van der Waals surface area contributed by atoms with Gasteiger partial charge < -0.3 is 10.0 Å². The number of aromatic nitrogens is 4. The highest BCUT2D eigenvalue weighted by Crippen LogP contribution is 2.24. The van der Waals surface area contributed by atoms with Gasteiger partial charge in [0, 0.05) is 61.9 Å². The monoisotopic (exact) mass is 540 g/mol. The summed E-state index contributed by atoms with van der Waals surface area (Å²) >= 11 is 0. The van der Waals surface area contributed by atoms with Crippen molar-refractivity contribution in [3.8, 4) is 16.8 Å². The number of carbonyl (C=O) groups excluding carboxylic acids is 2. The summed E-state index contributed by atoms with van der Waals surface area (Å²) in [5.74, 6) is 0.321. The van der Waals surface area contributed by atoms with Crippen LogP contribution < -0.4 is 5.32 Å². The molecule has 2 N–H and O–H groups in total. The van der Waals surface area contributed by atoms with Gasteiger partial charge in [0.05, 0.1) is 11.9 Å². The number of carbonyl (C=O) groups is 2. The Labute approximate surface area is 234 Å². The number of nitrogens with zero attached hydrogens (tertiary/aromatic N) is 5. The molecule has 9 nitrogen and oxygen atoms in total. The summed E-state index contributed by atoms with van der Waals surface area (Å²) in [5, 5.41) is 16.6. The lowest BCUT2D eigenvalue weighted by Crippen LogP contribution is -2.44. The lowest BCUT2D eigenvalue weighted by atomic mass is 9.99. The fourth-order valence-corrected chi connectivity index (χ4v) is 5.35. The molecule has 40 heavy (non-hydrogen) atoms. The molecule has 0 saturated carbocycles. The van der Waals surface area contributed by atoms with Crippen LogP contribution in [-0.4, -0.2) is 60.3 Å². The molecule has 5 rings (SSSR count). The summed E-state index contributed by atoms with van der Waals surface area (Å²) in [6, 6.07) is 17.3. The molecule has 2 aromatic carbocycles. The molecular formula is C31H36N6O3. The Morgan fingerprint density at radius 2 is 1.90 bits per heavy atom. The van der Waals surface area contributed by atoms with Crippen LogP contribution in [0.5, 0.6) is 0 Å². The third kappa shape index (κ3) is 6.48. The first-order valence-corrected chi connectivity index (χ1v) is 14.0. The number of para-hydroxylation sites is 1. The Bertz CT molecular complexity index is 1440. The van der Waals surface area contributed by atoms with Gasteiger partial charge in [-0.3, -0.25) is 24.2 Å². The van der Waals surface area contributed by atoms with E-state index in [1.807, 2.05) is 77.4 Å². The number of aryl methyl sites for hydroxylation is 2. The molecule has 9 heteroatoms. The number of piperidine rings is 1. The van der Waals surface area contributed by atoms with E-state index in [0.29, 0.717) is 37.2 Å². The van der Waals surface area contributed by atoms with Crippen molar-refractivity contribution in [2.75, 3.05) is 18.5 Å². The highest BCUT2D eigenvalue weighted by atomic mass is 16.3. The maximum atomic E-state index is 13.3. The molecule has 2 amide bonds. The van der Waals surface area contributed by atoms with Crippen LogP contribution in [-0.2, 0) is 18.3 Å². The first-order valence-electron chi connectivity index (χ1n) is 14.0. The Balaban J connectivity index is 1.29. The maximum absolute atomic E-state index is 13.3. The summed E-state index contributed by atoms with van der Waals surface area (Å²) < 4.78 is 3.61. The molecule has 0 spiro atoms. The predicted molar refractivity (Wildman–Crippen MR) is 154 cm³/mol. The lowest BCUT2D eigenvalue weighted by Gasteiger charge is -2.35. The number of imidazole rings is 1. The second kappa shape index (κ2) is 12.7. The highest BCUT2D eigenvalue weighted by molar-refractivity contribution is 6.04. The van der Waals surface area contributed by atoms with Gasteiger partial charge in [-0.25, -0.2) is 4.98 Å². The number of rotatable bonds is 10. The first-order chi connectivity index (χ1) is 19.5. The van der Waals surface area contributed by atoms with Gasteiger partial charge in [-0.1, -0.05) is 30.3 Å². The van der Waals surface area contributed by atoms with Crippen LogP contribution >= 0.6 is 0 Å². The lowest BCUT2D eigenvalue weighted by molar-refractivity contribution is -0.135. The average molecular weight is 541 g/mol. The van der Waals surface area contributed by atoms with Crippen molar-refractivity contribution in [3.05, 3.63) is 84.4 Å². The quantitative estimate of drug-likeness (QED) is 0.306. The molecule has 1 aliphatic rings. The molecule has 0 radical (unpaired) electrons. The van der Waals surface area contributed by atoms with E-state index in [2.05, 4.69) is 10.4 Å². The fourth-order valence-electron chi connectivity index (χ4n) is 5.35. The molecule has 3 heterocycles. The van der Waals surface area contributed by atoms with Crippen LogP contribution in [0, 0.1) is 0 Å².